The van der Waals surface area contributed by atoms with E-state index < -0.39 is 39.2 Å². The lowest BCUT2D eigenvalue weighted by atomic mass is 10.2. The molecule has 0 aliphatic carbocycles. The summed E-state index contributed by atoms with van der Waals surface area (Å²) in [4.78, 5) is 17.5. The maximum absolute atomic E-state index is 13.6. The van der Waals surface area contributed by atoms with E-state index in [4.69, 9.17) is 11.6 Å². The van der Waals surface area contributed by atoms with Crippen molar-refractivity contribution in [1.29, 1.82) is 0 Å². The SMILES string of the molecule is Cc1ccc2nc(-c3ccc(NC(=O)CN(c4ccc(Cl)c(C(F)(F)F)c4)S(=O)(=O)c4ccccc4)cc3)sc2c1. The summed E-state index contributed by atoms with van der Waals surface area (Å²) in [6, 6.07) is 22.6. The summed E-state index contributed by atoms with van der Waals surface area (Å²) in [6.45, 7) is 1.22. The number of rotatable bonds is 7. The largest absolute Gasteiger partial charge is 0.417 e. The van der Waals surface area contributed by atoms with Crippen molar-refractivity contribution in [3.05, 3.63) is 107 Å². The Morgan fingerprint density at radius 2 is 1.68 bits per heavy atom. The van der Waals surface area contributed by atoms with Crippen LogP contribution in [0.2, 0.25) is 5.02 Å². The normalized spacial score (nSPS) is 11.9. The quantitative estimate of drug-likeness (QED) is 0.203. The summed E-state index contributed by atoms with van der Waals surface area (Å²) >= 11 is 7.28. The number of alkyl halides is 3. The first-order chi connectivity index (χ1) is 19.4. The van der Waals surface area contributed by atoms with E-state index >= 15 is 0 Å². The van der Waals surface area contributed by atoms with Gasteiger partial charge in [0.25, 0.3) is 10.0 Å². The summed E-state index contributed by atoms with van der Waals surface area (Å²) in [6.07, 6.45) is -4.83. The molecule has 5 aromatic rings. The number of anilines is 2. The van der Waals surface area contributed by atoms with Crippen LogP contribution in [0.3, 0.4) is 0 Å². The number of hydrogen-bond donors (Lipinski definition) is 1. The number of halogens is 4. The first-order valence-electron chi connectivity index (χ1n) is 12.1. The molecule has 0 aliphatic rings. The van der Waals surface area contributed by atoms with Crippen LogP contribution < -0.4 is 9.62 Å². The van der Waals surface area contributed by atoms with E-state index in [0.717, 1.165) is 38.5 Å². The fourth-order valence-electron chi connectivity index (χ4n) is 4.10. The van der Waals surface area contributed by atoms with Gasteiger partial charge in [-0.25, -0.2) is 13.4 Å². The van der Waals surface area contributed by atoms with E-state index in [1.54, 1.807) is 30.3 Å². The number of amides is 1. The van der Waals surface area contributed by atoms with Gasteiger partial charge in [0.1, 0.15) is 11.6 Å². The van der Waals surface area contributed by atoms with Gasteiger partial charge in [-0.2, -0.15) is 13.2 Å². The number of nitrogens with zero attached hydrogens (tertiary/aromatic N) is 2. The van der Waals surface area contributed by atoms with E-state index in [0.29, 0.717) is 16.1 Å². The molecule has 0 unspecified atom stereocenters. The molecule has 0 saturated heterocycles. The van der Waals surface area contributed by atoms with Crippen LogP contribution in [0.15, 0.2) is 95.9 Å². The zero-order valence-electron chi connectivity index (χ0n) is 21.3. The highest BCUT2D eigenvalue weighted by Gasteiger charge is 2.35. The molecule has 210 valence electrons. The molecule has 0 atom stereocenters. The van der Waals surface area contributed by atoms with Crippen LogP contribution in [0.4, 0.5) is 24.5 Å². The van der Waals surface area contributed by atoms with E-state index in [1.165, 1.54) is 35.6 Å². The molecule has 1 N–H and O–H groups in total. The Bertz CT molecular complexity index is 1840. The van der Waals surface area contributed by atoms with Crippen LogP contribution in [0.25, 0.3) is 20.8 Å². The van der Waals surface area contributed by atoms with Gasteiger partial charge in [0.05, 0.1) is 31.4 Å². The molecular formula is C29H21ClF3N3O3S2. The minimum absolute atomic E-state index is 0.188. The number of fused-ring (bicyclic) bond motifs is 1. The van der Waals surface area contributed by atoms with Gasteiger partial charge in [-0.05, 0) is 79.2 Å². The van der Waals surface area contributed by atoms with Crippen molar-refractivity contribution in [2.75, 3.05) is 16.2 Å². The van der Waals surface area contributed by atoms with Crippen molar-refractivity contribution >= 4 is 60.5 Å². The Morgan fingerprint density at radius 1 is 0.976 bits per heavy atom. The summed E-state index contributed by atoms with van der Waals surface area (Å²) in [5.74, 6) is -0.753. The zero-order valence-corrected chi connectivity index (χ0v) is 23.7. The number of sulfonamides is 1. The number of hydrogen-bond acceptors (Lipinski definition) is 5. The molecule has 0 radical (unpaired) electrons. The van der Waals surface area contributed by atoms with Gasteiger partial charge >= 0.3 is 6.18 Å². The van der Waals surface area contributed by atoms with Crippen LogP contribution >= 0.6 is 22.9 Å². The molecule has 5 rings (SSSR count). The fourth-order valence-corrected chi connectivity index (χ4v) is 6.83. The van der Waals surface area contributed by atoms with Crippen LogP contribution in [0.1, 0.15) is 11.1 Å². The Morgan fingerprint density at radius 3 is 2.37 bits per heavy atom. The van der Waals surface area contributed by atoms with E-state index in [2.05, 4.69) is 16.4 Å². The van der Waals surface area contributed by atoms with Crippen molar-refractivity contribution in [3.63, 3.8) is 0 Å². The second-order valence-electron chi connectivity index (χ2n) is 9.10. The maximum atomic E-state index is 13.6. The van der Waals surface area contributed by atoms with Gasteiger partial charge in [-0.1, -0.05) is 35.9 Å². The number of nitrogens with one attached hydrogen (secondary N) is 1. The van der Waals surface area contributed by atoms with Gasteiger partial charge in [-0.3, -0.25) is 9.10 Å². The Kier molecular flexibility index (Phi) is 7.78. The lowest BCUT2D eigenvalue weighted by molar-refractivity contribution is -0.137. The summed E-state index contributed by atoms with van der Waals surface area (Å²) in [7, 11) is -4.42. The molecule has 12 heteroatoms. The zero-order chi connectivity index (χ0) is 29.4. The van der Waals surface area contributed by atoms with Crippen LogP contribution in [-0.4, -0.2) is 25.9 Å². The summed E-state index contributed by atoms with van der Waals surface area (Å²) in [5.41, 5.74) is 1.63. The number of aryl methyl sites for hydroxylation is 1. The van der Waals surface area contributed by atoms with Gasteiger partial charge in [0, 0.05) is 11.3 Å². The van der Waals surface area contributed by atoms with E-state index in [-0.39, 0.29) is 10.6 Å². The van der Waals surface area contributed by atoms with Gasteiger partial charge < -0.3 is 5.32 Å². The van der Waals surface area contributed by atoms with Gasteiger partial charge in [0.15, 0.2) is 0 Å². The average Bonchev–Trinajstić information content (AvgIpc) is 3.35. The Balaban J connectivity index is 1.41. The molecule has 41 heavy (non-hydrogen) atoms. The molecule has 4 aromatic carbocycles. The third kappa shape index (κ3) is 6.22. The predicted molar refractivity (Wildman–Crippen MR) is 156 cm³/mol. The average molecular weight is 616 g/mol. The first kappa shape index (κ1) is 28.6. The number of carbonyl (C=O) groups is 1. The Hall–Kier alpha value is -3.93. The third-order valence-electron chi connectivity index (χ3n) is 6.12. The highest BCUT2D eigenvalue weighted by Crippen LogP contribution is 2.38. The molecular weight excluding hydrogens is 595 g/mol. The van der Waals surface area contributed by atoms with E-state index in [1.807, 2.05) is 19.1 Å². The summed E-state index contributed by atoms with van der Waals surface area (Å²) < 4.78 is 69.3. The molecule has 0 fully saturated rings. The van der Waals surface area contributed by atoms with Crippen molar-refractivity contribution in [2.24, 2.45) is 0 Å². The number of carbonyl (C=O) groups excluding carboxylic acids is 1. The second-order valence-corrected chi connectivity index (χ2v) is 12.4. The first-order valence-corrected chi connectivity index (χ1v) is 14.8. The highest BCUT2D eigenvalue weighted by atomic mass is 35.5. The second kappa shape index (κ2) is 11.2. The number of benzene rings is 4. The molecule has 1 amide bonds. The monoisotopic (exact) mass is 615 g/mol. The smallest absolute Gasteiger partial charge is 0.325 e. The van der Waals surface area contributed by atoms with Gasteiger partial charge in [0.2, 0.25) is 5.91 Å². The highest BCUT2D eigenvalue weighted by molar-refractivity contribution is 7.92. The molecule has 1 aromatic heterocycles. The third-order valence-corrected chi connectivity index (χ3v) is 9.31. The molecule has 0 saturated carbocycles. The molecule has 0 aliphatic heterocycles. The number of aromatic nitrogens is 1. The summed E-state index contributed by atoms with van der Waals surface area (Å²) in [5, 5.41) is 2.83. The molecule has 0 spiro atoms. The van der Waals surface area contributed by atoms with Crippen molar-refractivity contribution in [3.8, 4) is 10.6 Å². The van der Waals surface area contributed by atoms with Gasteiger partial charge in [-0.15, -0.1) is 11.3 Å². The lowest BCUT2D eigenvalue weighted by Crippen LogP contribution is -2.38. The maximum Gasteiger partial charge on any atom is 0.417 e. The van der Waals surface area contributed by atoms with Crippen LogP contribution in [0, 0.1) is 6.92 Å². The van der Waals surface area contributed by atoms with Crippen molar-refractivity contribution in [1.82, 2.24) is 4.98 Å². The van der Waals surface area contributed by atoms with E-state index in [9.17, 15) is 26.4 Å². The lowest BCUT2D eigenvalue weighted by Gasteiger charge is -2.25. The van der Waals surface area contributed by atoms with Crippen LogP contribution in [0.5, 0.6) is 0 Å². The Labute approximate surface area is 243 Å². The fraction of sp³-hybridized carbons (Fsp3) is 0.103. The van der Waals surface area contributed by atoms with Crippen LogP contribution in [-0.2, 0) is 21.0 Å². The topological polar surface area (TPSA) is 79.4 Å². The molecule has 1 heterocycles. The minimum atomic E-state index is -4.83. The van der Waals surface area contributed by atoms with Crippen molar-refractivity contribution < 1.29 is 26.4 Å². The molecule has 0 bridgehead atoms. The predicted octanol–water partition coefficient (Wildman–Crippen LogP) is 7.78. The minimum Gasteiger partial charge on any atom is -0.325 e. The molecule has 6 nitrogen and oxygen atoms in total. The van der Waals surface area contributed by atoms with Crippen molar-refractivity contribution in [2.45, 2.75) is 18.0 Å². The standard InChI is InChI=1S/C29H21ClF3N3O3S2/c1-18-7-14-25-26(15-18)40-28(35-25)19-8-10-20(11-9-19)34-27(37)17-36(41(38,39)22-5-3-2-4-6-22)21-12-13-24(30)23(16-21)29(31,32)33/h2-16H,17H2,1H3,(H,34,37). The number of thiazole rings is 1.